The Morgan fingerprint density at radius 1 is 1.20 bits per heavy atom. The monoisotopic (exact) mass is 300 g/mol. The number of carboxylic acid groups (broad SMARTS) is 1. The van der Waals surface area contributed by atoms with Gasteiger partial charge in [-0.3, -0.25) is 4.79 Å². The largest absolute Gasteiger partial charge is 0.481 e. The van der Waals surface area contributed by atoms with Gasteiger partial charge in [-0.15, -0.1) is 0 Å². The molecule has 5 nitrogen and oxygen atoms in total. The highest BCUT2D eigenvalue weighted by atomic mass is 32.2. The molecule has 0 unspecified atom stereocenters. The van der Waals surface area contributed by atoms with E-state index in [1.54, 1.807) is 0 Å². The fourth-order valence-corrected chi connectivity index (χ4v) is 2.65. The number of hydrogen-bond donors (Lipinski definition) is 1. The van der Waals surface area contributed by atoms with Crippen LogP contribution >= 0.6 is 0 Å². The van der Waals surface area contributed by atoms with Crippen LogP contribution in [0.4, 0.5) is 0 Å². The Kier molecular flexibility index (Phi) is 5.30. The van der Waals surface area contributed by atoms with E-state index in [2.05, 4.69) is 0 Å². The van der Waals surface area contributed by atoms with Crippen LogP contribution < -0.4 is 0 Å². The summed E-state index contributed by atoms with van der Waals surface area (Å²) >= 11 is 0. The highest BCUT2D eigenvalue weighted by Gasteiger charge is 2.17. The maximum absolute atomic E-state index is 12.1. The molecule has 0 amide bonds. The average Bonchev–Trinajstić information content (AvgIpc) is 2.26. The zero-order valence-corrected chi connectivity index (χ0v) is 12.7. The van der Waals surface area contributed by atoms with Crippen LogP contribution in [0.15, 0.2) is 29.2 Å². The highest BCUT2D eigenvalue weighted by molar-refractivity contribution is 7.91. The minimum atomic E-state index is -3.40. The van der Waals surface area contributed by atoms with E-state index in [0.717, 1.165) is 0 Å². The number of carbonyl (C=O) groups is 1. The first-order valence-corrected chi connectivity index (χ1v) is 7.93. The Morgan fingerprint density at radius 3 is 2.20 bits per heavy atom. The fourth-order valence-electron chi connectivity index (χ4n) is 1.56. The van der Waals surface area contributed by atoms with Gasteiger partial charge >= 0.3 is 5.97 Å². The maximum Gasteiger partial charge on any atom is 0.307 e. The number of ether oxygens (including phenoxy) is 1. The summed E-state index contributed by atoms with van der Waals surface area (Å²) in [4.78, 5) is 10.7. The standard InChI is InChI=1S/C14H20O5S/c1-14(2,3)19-8-9-20(17,18)12-6-4-11(5-7-12)10-13(15)16/h4-7H,8-10H2,1-3H3,(H,15,16). The van der Waals surface area contributed by atoms with Crippen molar-refractivity contribution in [2.24, 2.45) is 0 Å². The number of aliphatic carboxylic acids is 1. The van der Waals surface area contributed by atoms with E-state index in [9.17, 15) is 13.2 Å². The van der Waals surface area contributed by atoms with Crippen LogP contribution in [0.1, 0.15) is 26.3 Å². The molecule has 1 aromatic carbocycles. The van der Waals surface area contributed by atoms with Crippen LogP contribution in [0.25, 0.3) is 0 Å². The van der Waals surface area contributed by atoms with Crippen molar-refractivity contribution in [3.05, 3.63) is 29.8 Å². The minimum absolute atomic E-state index is 0.0947. The molecule has 1 rings (SSSR count). The summed E-state index contributed by atoms with van der Waals surface area (Å²) in [7, 11) is -3.40. The molecule has 6 heteroatoms. The first kappa shape index (κ1) is 16.7. The molecule has 0 bridgehead atoms. The van der Waals surface area contributed by atoms with Crippen molar-refractivity contribution < 1.29 is 23.1 Å². The molecule has 0 aliphatic rings. The third-order valence-electron chi connectivity index (χ3n) is 2.52. The molecular formula is C14H20O5S. The molecule has 0 aromatic heterocycles. The van der Waals surface area contributed by atoms with Gasteiger partial charge in [0.15, 0.2) is 9.84 Å². The van der Waals surface area contributed by atoms with Gasteiger partial charge in [0.1, 0.15) is 0 Å². The topological polar surface area (TPSA) is 80.7 Å². The summed E-state index contributed by atoms with van der Waals surface area (Å²) in [6, 6.07) is 5.91. The summed E-state index contributed by atoms with van der Waals surface area (Å²) in [6.45, 7) is 5.71. The second-order valence-electron chi connectivity index (χ2n) is 5.49. The van der Waals surface area contributed by atoms with E-state index >= 15 is 0 Å². The number of sulfone groups is 1. The summed E-state index contributed by atoms with van der Waals surface area (Å²) < 4.78 is 29.5. The lowest BCUT2D eigenvalue weighted by molar-refractivity contribution is -0.136. The van der Waals surface area contributed by atoms with E-state index in [-0.39, 0.29) is 29.3 Å². The molecule has 0 saturated carbocycles. The first-order valence-electron chi connectivity index (χ1n) is 6.28. The van der Waals surface area contributed by atoms with Crippen molar-refractivity contribution in [2.75, 3.05) is 12.4 Å². The molecule has 0 fully saturated rings. The van der Waals surface area contributed by atoms with E-state index in [1.165, 1.54) is 24.3 Å². The Bertz CT molecular complexity index is 552. The van der Waals surface area contributed by atoms with E-state index in [1.807, 2.05) is 20.8 Å². The third-order valence-corrected chi connectivity index (χ3v) is 4.22. The van der Waals surface area contributed by atoms with Crippen molar-refractivity contribution in [2.45, 2.75) is 37.7 Å². The molecule has 0 radical (unpaired) electrons. The van der Waals surface area contributed by atoms with Gasteiger partial charge in [0.25, 0.3) is 0 Å². The SMILES string of the molecule is CC(C)(C)OCCS(=O)(=O)c1ccc(CC(=O)O)cc1. The second-order valence-corrected chi connectivity index (χ2v) is 7.60. The first-order chi connectivity index (χ1) is 9.10. The lowest BCUT2D eigenvalue weighted by Gasteiger charge is -2.19. The quantitative estimate of drug-likeness (QED) is 0.868. The predicted molar refractivity (Wildman–Crippen MR) is 75.5 cm³/mol. The van der Waals surface area contributed by atoms with Crippen LogP contribution in [0.5, 0.6) is 0 Å². The van der Waals surface area contributed by atoms with E-state index < -0.39 is 15.8 Å². The molecule has 0 aliphatic heterocycles. The zero-order chi connectivity index (χ0) is 15.4. The summed E-state index contributed by atoms with van der Waals surface area (Å²) in [6.07, 6.45) is -0.118. The minimum Gasteiger partial charge on any atom is -0.481 e. The maximum atomic E-state index is 12.1. The summed E-state index contributed by atoms with van der Waals surface area (Å²) in [5.41, 5.74) is 0.198. The van der Waals surface area contributed by atoms with Crippen molar-refractivity contribution in [3.63, 3.8) is 0 Å². The molecule has 0 spiro atoms. The van der Waals surface area contributed by atoms with Crippen LogP contribution in [-0.2, 0) is 25.8 Å². The Balaban J connectivity index is 2.70. The molecule has 0 heterocycles. The second kappa shape index (κ2) is 6.37. The van der Waals surface area contributed by atoms with Crippen LogP contribution in [0.2, 0.25) is 0 Å². The summed E-state index contributed by atoms with van der Waals surface area (Å²) in [5, 5.41) is 8.65. The van der Waals surface area contributed by atoms with Crippen molar-refractivity contribution in [1.29, 1.82) is 0 Å². The Hall–Kier alpha value is -1.40. The van der Waals surface area contributed by atoms with E-state index in [0.29, 0.717) is 5.56 Å². The third kappa shape index (κ3) is 5.71. The van der Waals surface area contributed by atoms with Gasteiger partial charge in [-0.25, -0.2) is 8.42 Å². The van der Waals surface area contributed by atoms with Crippen LogP contribution in [0.3, 0.4) is 0 Å². The average molecular weight is 300 g/mol. The van der Waals surface area contributed by atoms with Gasteiger partial charge in [-0.2, -0.15) is 0 Å². The Morgan fingerprint density at radius 2 is 1.75 bits per heavy atom. The van der Waals surface area contributed by atoms with Gasteiger partial charge in [0, 0.05) is 0 Å². The number of carboxylic acids is 1. The van der Waals surface area contributed by atoms with Gasteiger partial charge in [-0.1, -0.05) is 12.1 Å². The molecule has 1 N–H and O–H groups in total. The molecule has 0 saturated heterocycles. The number of hydrogen-bond acceptors (Lipinski definition) is 4. The van der Waals surface area contributed by atoms with Crippen molar-refractivity contribution in [1.82, 2.24) is 0 Å². The van der Waals surface area contributed by atoms with Gasteiger partial charge in [0.05, 0.1) is 29.3 Å². The summed E-state index contributed by atoms with van der Waals surface area (Å²) in [5.74, 6) is -1.04. The molecule has 0 atom stereocenters. The molecule has 20 heavy (non-hydrogen) atoms. The van der Waals surface area contributed by atoms with Crippen molar-refractivity contribution >= 4 is 15.8 Å². The zero-order valence-electron chi connectivity index (χ0n) is 11.9. The fraction of sp³-hybridized carbons (Fsp3) is 0.500. The van der Waals surface area contributed by atoms with Crippen LogP contribution in [-0.4, -0.2) is 37.5 Å². The lowest BCUT2D eigenvalue weighted by Crippen LogP contribution is -2.23. The molecule has 112 valence electrons. The van der Waals surface area contributed by atoms with Gasteiger partial charge in [0.2, 0.25) is 0 Å². The van der Waals surface area contributed by atoms with Crippen LogP contribution in [0, 0.1) is 0 Å². The number of benzene rings is 1. The normalized spacial score (nSPS) is 12.3. The predicted octanol–water partition coefficient (Wildman–Crippen LogP) is 1.90. The van der Waals surface area contributed by atoms with Gasteiger partial charge in [-0.05, 0) is 38.5 Å². The molecular weight excluding hydrogens is 280 g/mol. The van der Waals surface area contributed by atoms with E-state index in [4.69, 9.17) is 9.84 Å². The molecule has 1 aromatic rings. The van der Waals surface area contributed by atoms with Gasteiger partial charge < -0.3 is 9.84 Å². The smallest absolute Gasteiger partial charge is 0.307 e. The highest BCUT2D eigenvalue weighted by Crippen LogP contribution is 2.14. The van der Waals surface area contributed by atoms with Crippen molar-refractivity contribution in [3.8, 4) is 0 Å². The Labute approximate surface area is 119 Å². The number of rotatable bonds is 6. The lowest BCUT2D eigenvalue weighted by atomic mass is 10.2. The molecule has 0 aliphatic carbocycles.